The SMILES string of the molecule is CCN(Cc1ccccc1)C(=O)CCN(Cc1cccnc1)S(C)(=O)=O. The van der Waals surface area contributed by atoms with Gasteiger partial charge in [-0.05, 0) is 24.1 Å². The number of carbonyl (C=O) groups excluding carboxylic acids is 1. The molecule has 0 aliphatic heterocycles. The Bertz CT molecular complexity index is 795. The van der Waals surface area contributed by atoms with Crippen LogP contribution in [0.1, 0.15) is 24.5 Å². The lowest BCUT2D eigenvalue weighted by Gasteiger charge is -2.24. The summed E-state index contributed by atoms with van der Waals surface area (Å²) in [4.78, 5) is 18.3. The fraction of sp³-hybridized carbons (Fsp3) is 0.368. The van der Waals surface area contributed by atoms with Gasteiger partial charge in [0.25, 0.3) is 0 Å². The molecule has 0 bridgehead atoms. The monoisotopic (exact) mass is 375 g/mol. The summed E-state index contributed by atoms with van der Waals surface area (Å²) in [6.45, 7) is 3.39. The highest BCUT2D eigenvalue weighted by molar-refractivity contribution is 7.88. The van der Waals surface area contributed by atoms with E-state index in [9.17, 15) is 13.2 Å². The van der Waals surface area contributed by atoms with Crippen LogP contribution in [-0.4, -0.2) is 47.9 Å². The predicted molar refractivity (Wildman–Crippen MR) is 102 cm³/mol. The van der Waals surface area contributed by atoms with E-state index in [1.165, 1.54) is 4.31 Å². The van der Waals surface area contributed by atoms with Crippen LogP contribution in [0.5, 0.6) is 0 Å². The molecule has 2 aromatic rings. The van der Waals surface area contributed by atoms with Crippen LogP contribution < -0.4 is 0 Å². The summed E-state index contributed by atoms with van der Waals surface area (Å²) in [6, 6.07) is 13.3. The van der Waals surface area contributed by atoms with Crippen LogP contribution in [-0.2, 0) is 27.9 Å². The smallest absolute Gasteiger partial charge is 0.224 e. The molecule has 1 amide bonds. The lowest BCUT2D eigenvalue weighted by Crippen LogP contribution is -2.36. The summed E-state index contributed by atoms with van der Waals surface area (Å²) in [7, 11) is -3.42. The van der Waals surface area contributed by atoms with Gasteiger partial charge in [0.05, 0.1) is 6.26 Å². The van der Waals surface area contributed by atoms with Gasteiger partial charge in [-0.15, -0.1) is 0 Å². The van der Waals surface area contributed by atoms with Crippen molar-refractivity contribution >= 4 is 15.9 Å². The highest BCUT2D eigenvalue weighted by atomic mass is 32.2. The average molecular weight is 375 g/mol. The molecule has 0 spiro atoms. The Hall–Kier alpha value is -2.25. The molecule has 1 heterocycles. The number of rotatable bonds is 9. The molecule has 0 saturated heterocycles. The van der Waals surface area contributed by atoms with Crippen LogP contribution >= 0.6 is 0 Å². The lowest BCUT2D eigenvalue weighted by atomic mass is 10.2. The Morgan fingerprint density at radius 1 is 1.04 bits per heavy atom. The zero-order valence-electron chi connectivity index (χ0n) is 15.2. The molecule has 7 heteroatoms. The number of amides is 1. The third-order valence-corrected chi connectivity index (χ3v) is 5.33. The van der Waals surface area contributed by atoms with Crippen LogP contribution in [0.2, 0.25) is 0 Å². The third kappa shape index (κ3) is 6.24. The minimum atomic E-state index is -3.42. The van der Waals surface area contributed by atoms with Crippen LogP contribution in [0.15, 0.2) is 54.9 Å². The van der Waals surface area contributed by atoms with Crippen LogP contribution in [0.4, 0.5) is 0 Å². The quantitative estimate of drug-likeness (QED) is 0.674. The largest absolute Gasteiger partial charge is 0.339 e. The highest BCUT2D eigenvalue weighted by Gasteiger charge is 2.20. The summed E-state index contributed by atoms with van der Waals surface area (Å²) in [5.41, 5.74) is 1.85. The summed E-state index contributed by atoms with van der Waals surface area (Å²) in [6.07, 6.45) is 4.58. The summed E-state index contributed by atoms with van der Waals surface area (Å²) in [5.74, 6) is -0.0591. The zero-order chi connectivity index (χ0) is 19.0. The van der Waals surface area contributed by atoms with E-state index in [4.69, 9.17) is 0 Å². The van der Waals surface area contributed by atoms with Gasteiger partial charge in [0, 0.05) is 45.0 Å². The zero-order valence-corrected chi connectivity index (χ0v) is 16.0. The summed E-state index contributed by atoms with van der Waals surface area (Å²) in [5, 5.41) is 0. The van der Waals surface area contributed by atoms with Gasteiger partial charge < -0.3 is 4.90 Å². The number of sulfonamides is 1. The molecule has 0 N–H and O–H groups in total. The minimum Gasteiger partial charge on any atom is -0.339 e. The summed E-state index contributed by atoms with van der Waals surface area (Å²) < 4.78 is 25.4. The van der Waals surface area contributed by atoms with Crippen molar-refractivity contribution in [3.63, 3.8) is 0 Å². The maximum absolute atomic E-state index is 12.6. The van der Waals surface area contributed by atoms with Crippen molar-refractivity contribution in [2.24, 2.45) is 0 Å². The number of benzene rings is 1. The van der Waals surface area contributed by atoms with Gasteiger partial charge in [-0.3, -0.25) is 9.78 Å². The number of pyridine rings is 1. The van der Waals surface area contributed by atoms with Crippen molar-refractivity contribution in [2.45, 2.75) is 26.4 Å². The van der Waals surface area contributed by atoms with Crippen molar-refractivity contribution < 1.29 is 13.2 Å². The molecular weight excluding hydrogens is 350 g/mol. The molecule has 2 rings (SSSR count). The van der Waals surface area contributed by atoms with E-state index in [1.54, 1.807) is 23.4 Å². The van der Waals surface area contributed by atoms with E-state index in [0.717, 1.165) is 17.4 Å². The standard InChI is InChI=1S/C19H25N3O3S/c1-3-21(15-17-8-5-4-6-9-17)19(23)11-13-22(26(2,24)25)16-18-10-7-12-20-14-18/h4-10,12,14H,3,11,13,15-16H2,1-2H3. The second kappa shape index (κ2) is 9.45. The molecule has 0 aliphatic rings. The van der Waals surface area contributed by atoms with Crippen molar-refractivity contribution in [1.82, 2.24) is 14.2 Å². The van der Waals surface area contributed by atoms with Gasteiger partial charge in [0.15, 0.2) is 0 Å². The highest BCUT2D eigenvalue weighted by Crippen LogP contribution is 2.11. The number of hydrogen-bond donors (Lipinski definition) is 0. The van der Waals surface area contributed by atoms with E-state index in [0.29, 0.717) is 13.1 Å². The minimum absolute atomic E-state index is 0.0591. The Kier molecular flexibility index (Phi) is 7.29. The first-order valence-electron chi connectivity index (χ1n) is 8.56. The van der Waals surface area contributed by atoms with Gasteiger partial charge in [-0.25, -0.2) is 8.42 Å². The first kappa shape index (κ1) is 20.1. The molecule has 6 nitrogen and oxygen atoms in total. The van der Waals surface area contributed by atoms with E-state index >= 15 is 0 Å². The van der Waals surface area contributed by atoms with Crippen LogP contribution in [0, 0.1) is 0 Å². The van der Waals surface area contributed by atoms with Crippen LogP contribution in [0.25, 0.3) is 0 Å². The predicted octanol–water partition coefficient (Wildman–Crippen LogP) is 2.28. The fourth-order valence-electron chi connectivity index (χ4n) is 2.62. The van der Waals surface area contributed by atoms with Crippen molar-refractivity contribution in [1.29, 1.82) is 0 Å². The number of aromatic nitrogens is 1. The van der Waals surface area contributed by atoms with Gasteiger partial charge >= 0.3 is 0 Å². The average Bonchev–Trinajstić information content (AvgIpc) is 2.63. The molecule has 1 aromatic carbocycles. The number of hydrogen-bond acceptors (Lipinski definition) is 4. The normalized spacial score (nSPS) is 11.5. The first-order chi connectivity index (χ1) is 12.4. The van der Waals surface area contributed by atoms with Crippen molar-refractivity contribution in [3.05, 3.63) is 66.0 Å². The van der Waals surface area contributed by atoms with Crippen molar-refractivity contribution in [3.8, 4) is 0 Å². The van der Waals surface area contributed by atoms with Gasteiger partial charge in [0.1, 0.15) is 0 Å². The molecule has 0 unspecified atom stereocenters. The Morgan fingerprint density at radius 2 is 1.73 bits per heavy atom. The molecule has 0 fully saturated rings. The summed E-state index contributed by atoms with van der Waals surface area (Å²) >= 11 is 0. The van der Waals surface area contributed by atoms with Gasteiger partial charge in [-0.2, -0.15) is 4.31 Å². The Balaban J connectivity index is 1.99. The topological polar surface area (TPSA) is 70.6 Å². The van der Waals surface area contributed by atoms with Crippen LogP contribution in [0.3, 0.4) is 0 Å². The second-order valence-corrected chi connectivity index (χ2v) is 8.08. The molecule has 1 aromatic heterocycles. The molecule has 0 saturated carbocycles. The third-order valence-electron chi connectivity index (χ3n) is 4.08. The van der Waals surface area contributed by atoms with Gasteiger partial charge in [0.2, 0.25) is 15.9 Å². The number of carbonyl (C=O) groups is 1. The maximum Gasteiger partial charge on any atom is 0.224 e. The second-order valence-electron chi connectivity index (χ2n) is 6.10. The van der Waals surface area contributed by atoms with Crippen molar-refractivity contribution in [2.75, 3.05) is 19.3 Å². The van der Waals surface area contributed by atoms with E-state index in [2.05, 4.69) is 4.98 Å². The van der Waals surface area contributed by atoms with Gasteiger partial charge in [-0.1, -0.05) is 36.4 Å². The Labute approximate surface area is 155 Å². The lowest BCUT2D eigenvalue weighted by molar-refractivity contribution is -0.131. The first-order valence-corrected chi connectivity index (χ1v) is 10.4. The molecule has 140 valence electrons. The fourth-order valence-corrected chi connectivity index (χ4v) is 3.42. The molecule has 26 heavy (non-hydrogen) atoms. The molecule has 0 radical (unpaired) electrons. The molecule has 0 aliphatic carbocycles. The molecule has 0 atom stereocenters. The van der Waals surface area contributed by atoms with E-state index in [1.807, 2.05) is 43.3 Å². The van der Waals surface area contributed by atoms with E-state index in [-0.39, 0.29) is 25.4 Å². The maximum atomic E-state index is 12.6. The number of nitrogens with zero attached hydrogens (tertiary/aromatic N) is 3. The molecular formula is C19H25N3O3S. The Morgan fingerprint density at radius 3 is 2.31 bits per heavy atom. The van der Waals surface area contributed by atoms with E-state index < -0.39 is 10.0 Å².